The first-order chi connectivity index (χ1) is 13.0. The summed E-state index contributed by atoms with van der Waals surface area (Å²) in [7, 11) is 0. The zero-order chi connectivity index (χ0) is 19.4. The van der Waals surface area contributed by atoms with Crippen LogP contribution in [-0.4, -0.2) is 23.1 Å². The van der Waals surface area contributed by atoms with Crippen LogP contribution in [0.4, 0.5) is 4.39 Å². The van der Waals surface area contributed by atoms with Crippen LogP contribution in [0.25, 0.3) is 10.2 Å². The Labute approximate surface area is 159 Å². The lowest BCUT2D eigenvalue weighted by atomic mass is 10.1. The van der Waals surface area contributed by atoms with Crippen molar-refractivity contribution in [2.24, 2.45) is 4.99 Å². The standard InChI is InChI=1S/C20H19FN2O3S/c1-3-26-18(24)10-11-23-16-9-8-14(21)12-17(16)27-20(23)22-19(25)15-7-5-4-6-13(15)2/h4-9,12H,3,10-11H2,1-2H3. The highest BCUT2D eigenvalue weighted by Crippen LogP contribution is 2.19. The van der Waals surface area contributed by atoms with Gasteiger partial charge in [0, 0.05) is 12.1 Å². The molecule has 0 bridgehead atoms. The third-order valence-electron chi connectivity index (χ3n) is 4.06. The molecule has 27 heavy (non-hydrogen) atoms. The molecular formula is C20H19FN2O3S. The molecule has 0 aliphatic heterocycles. The van der Waals surface area contributed by atoms with Gasteiger partial charge in [-0.2, -0.15) is 4.99 Å². The Kier molecular flexibility index (Phi) is 5.81. The quantitative estimate of drug-likeness (QED) is 0.626. The molecule has 0 aliphatic carbocycles. The molecule has 3 aromatic rings. The molecule has 140 valence electrons. The number of benzene rings is 2. The molecule has 5 nitrogen and oxygen atoms in total. The van der Waals surface area contributed by atoms with Gasteiger partial charge in [0.1, 0.15) is 5.82 Å². The van der Waals surface area contributed by atoms with Gasteiger partial charge in [0.2, 0.25) is 0 Å². The maximum atomic E-state index is 13.6. The molecule has 0 radical (unpaired) electrons. The number of rotatable bonds is 5. The monoisotopic (exact) mass is 386 g/mol. The number of esters is 1. The Morgan fingerprint density at radius 3 is 2.74 bits per heavy atom. The first-order valence-electron chi connectivity index (χ1n) is 8.58. The lowest BCUT2D eigenvalue weighted by molar-refractivity contribution is -0.143. The molecule has 1 aromatic heterocycles. The number of fused-ring (bicyclic) bond motifs is 1. The number of nitrogens with zero attached hydrogens (tertiary/aromatic N) is 2. The van der Waals surface area contributed by atoms with Crippen LogP contribution in [0.1, 0.15) is 29.3 Å². The molecule has 0 saturated carbocycles. The number of carbonyl (C=O) groups is 2. The van der Waals surface area contributed by atoms with Crippen molar-refractivity contribution in [2.75, 3.05) is 6.61 Å². The molecule has 0 unspecified atom stereocenters. The highest BCUT2D eigenvalue weighted by atomic mass is 32.1. The van der Waals surface area contributed by atoms with Gasteiger partial charge in [-0.05, 0) is 43.7 Å². The summed E-state index contributed by atoms with van der Waals surface area (Å²) in [5.74, 6) is -1.06. The summed E-state index contributed by atoms with van der Waals surface area (Å²) in [5.41, 5.74) is 2.07. The number of hydrogen-bond donors (Lipinski definition) is 0. The maximum Gasteiger partial charge on any atom is 0.307 e. The molecule has 0 spiro atoms. The lowest BCUT2D eigenvalue weighted by Gasteiger charge is -2.05. The third-order valence-corrected chi connectivity index (χ3v) is 5.10. The topological polar surface area (TPSA) is 60.7 Å². The third kappa shape index (κ3) is 4.31. The molecular weight excluding hydrogens is 367 g/mol. The highest BCUT2D eigenvalue weighted by molar-refractivity contribution is 7.16. The summed E-state index contributed by atoms with van der Waals surface area (Å²) in [6, 6.07) is 11.6. The number of aryl methyl sites for hydroxylation is 2. The summed E-state index contributed by atoms with van der Waals surface area (Å²) >= 11 is 1.22. The number of halogens is 1. The highest BCUT2D eigenvalue weighted by Gasteiger charge is 2.13. The van der Waals surface area contributed by atoms with Crippen molar-refractivity contribution in [2.45, 2.75) is 26.8 Å². The summed E-state index contributed by atoms with van der Waals surface area (Å²) < 4.78 is 21.0. The number of hydrogen-bond acceptors (Lipinski definition) is 4. The molecule has 1 amide bonds. The normalized spacial score (nSPS) is 11.7. The molecule has 0 saturated heterocycles. The fourth-order valence-corrected chi connectivity index (χ4v) is 3.82. The Morgan fingerprint density at radius 1 is 1.22 bits per heavy atom. The van der Waals surface area contributed by atoms with Crippen molar-refractivity contribution < 1.29 is 18.7 Å². The van der Waals surface area contributed by atoms with Crippen LogP contribution in [0, 0.1) is 12.7 Å². The number of aromatic nitrogens is 1. The van der Waals surface area contributed by atoms with E-state index >= 15 is 0 Å². The van der Waals surface area contributed by atoms with E-state index in [0.29, 0.717) is 28.2 Å². The van der Waals surface area contributed by atoms with E-state index < -0.39 is 0 Å². The second-order valence-electron chi connectivity index (χ2n) is 5.94. The molecule has 7 heteroatoms. The molecule has 3 rings (SSSR count). The van der Waals surface area contributed by atoms with Gasteiger partial charge in [-0.1, -0.05) is 29.5 Å². The fraction of sp³-hybridized carbons (Fsp3) is 0.250. The van der Waals surface area contributed by atoms with Crippen molar-refractivity contribution in [1.29, 1.82) is 0 Å². The molecule has 0 aliphatic rings. The van der Waals surface area contributed by atoms with Crippen LogP contribution in [0.2, 0.25) is 0 Å². The van der Waals surface area contributed by atoms with E-state index in [-0.39, 0.29) is 24.1 Å². The summed E-state index contributed by atoms with van der Waals surface area (Å²) in [6.45, 7) is 4.19. The number of ether oxygens (including phenoxy) is 1. The van der Waals surface area contributed by atoms with Crippen LogP contribution in [0.3, 0.4) is 0 Å². The molecule has 0 N–H and O–H groups in total. The number of carbonyl (C=O) groups excluding carboxylic acids is 2. The zero-order valence-electron chi connectivity index (χ0n) is 15.1. The van der Waals surface area contributed by atoms with E-state index in [9.17, 15) is 14.0 Å². The van der Waals surface area contributed by atoms with Gasteiger partial charge in [-0.25, -0.2) is 4.39 Å². The van der Waals surface area contributed by atoms with Gasteiger partial charge >= 0.3 is 5.97 Å². The summed E-state index contributed by atoms with van der Waals surface area (Å²) in [6.07, 6.45) is 0.142. The second-order valence-corrected chi connectivity index (χ2v) is 6.94. The van der Waals surface area contributed by atoms with Gasteiger partial charge in [0.25, 0.3) is 5.91 Å². The minimum atomic E-state index is -0.370. The Hall–Kier alpha value is -2.80. The number of thiazole rings is 1. The Morgan fingerprint density at radius 2 is 2.00 bits per heavy atom. The van der Waals surface area contributed by atoms with Gasteiger partial charge in [-0.15, -0.1) is 0 Å². The lowest BCUT2D eigenvalue weighted by Crippen LogP contribution is -2.19. The van der Waals surface area contributed by atoms with Gasteiger partial charge in [0.05, 0.1) is 23.2 Å². The summed E-state index contributed by atoms with van der Waals surface area (Å²) in [5, 5.41) is 0. The molecule has 0 fully saturated rings. The minimum absolute atomic E-state index is 0.142. The van der Waals surface area contributed by atoms with Gasteiger partial charge < -0.3 is 9.30 Å². The van der Waals surface area contributed by atoms with Gasteiger partial charge in [0.15, 0.2) is 4.80 Å². The van der Waals surface area contributed by atoms with E-state index in [4.69, 9.17) is 4.74 Å². The number of amides is 1. The summed E-state index contributed by atoms with van der Waals surface area (Å²) in [4.78, 5) is 29.0. The minimum Gasteiger partial charge on any atom is -0.466 e. The first kappa shape index (κ1) is 19.0. The first-order valence-corrected chi connectivity index (χ1v) is 9.40. The average molecular weight is 386 g/mol. The SMILES string of the molecule is CCOC(=O)CCn1c(=NC(=O)c2ccccc2C)sc2cc(F)ccc21. The van der Waals surface area contributed by atoms with Crippen molar-refractivity contribution in [3.63, 3.8) is 0 Å². The van der Waals surface area contributed by atoms with E-state index in [2.05, 4.69) is 4.99 Å². The van der Waals surface area contributed by atoms with Crippen molar-refractivity contribution in [1.82, 2.24) is 4.57 Å². The van der Waals surface area contributed by atoms with Crippen LogP contribution in [-0.2, 0) is 16.1 Å². The van der Waals surface area contributed by atoms with E-state index in [1.165, 1.54) is 23.5 Å². The van der Waals surface area contributed by atoms with Crippen LogP contribution in [0.5, 0.6) is 0 Å². The van der Waals surface area contributed by atoms with E-state index in [0.717, 1.165) is 11.1 Å². The van der Waals surface area contributed by atoms with Crippen LogP contribution < -0.4 is 4.80 Å². The smallest absolute Gasteiger partial charge is 0.307 e. The van der Waals surface area contributed by atoms with Gasteiger partial charge in [-0.3, -0.25) is 9.59 Å². The van der Waals surface area contributed by atoms with E-state index in [1.807, 2.05) is 19.1 Å². The zero-order valence-corrected chi connectivity index (χ0v) is 15.9. The Bertz CT molecular complexity index is 1070. The van der Waals surface area contributed by atoms with E-state index in [1.54, 1.807) is 29.7 Å². The van der Waals surface area contributed by atoms with Crippen LogP contribution in [0.15, 0.2) is 47.5 Å². The van der Waals surface area contributed by atoms with Crippen molar-refractivity contribution in [3.05, 3.63) is 64.2 Å². The molecule has 2 aromatic carbocycles. The largest absolute Gasteiger partial charge is 0.466 e. The fourth-order valence-electron chi connectivity index (χ4n) is 2.74. The predicted octanol–water partition coefficient (Wildman–Crippen LogP) is 3.84. The predicted molar refractivity (Wildman–Crippen MR) is 102 cm³/mol. The average Bonchev–Trinajstić information content (AvgIpc) is 2.96. The maximum absolute atomic E-state index is 13.6. The molecule has 1 heterocycles. The van der Waals surface area contributed by atoms with Crippen molar-refractivity contribution >= 4 is 33.4 Å². The molecule has 0 atom stereocenters. The Balaban J connectivity index is 2.05. The second kappa shape index (κ2) is 8.26. The van der Waals surface area contributed by atoms with Crippen molar-refractivity contribution in [3.8, 4) is 0 Å². The van der Waals surface area contributed by atoms with Crippen LogP contribution >= 0.6 is 11.3 Å².